The molecular formula is C47H26N2S2. The summed E-state index contributed by atoms with van der Waals surface area (Å²) >= 11 is 3.80. The zero-order chi connectivity index (χ0) is 33.2. The summed E-state index contributed by atoms with van der Waals surface area (Å²) < 4.78 is 6.50. The average molecular weight is 683 g/mol. The Hall–Kier alpha value is -6.07. The van der Waals surface area contributed by atoms with E-state index >= 15 is 0 Å². The molecule has 0 aliphatic heterocycles. The summed E-state index contributed by atoms with van der Waals surface area (Å²) in [6.45, 7) is 0. The first kappa shape index (κ1) is 27.7. The molecule has 0 saturated heterocycles. The van der Waals surface area contributed by atoms with Crippen LogP contribution in [0.1, 0.15) is 0 Å². The Morgan fingerprint density at radius 3 is 1.82 bits per heavy atom. The number of hydrogen-bond donors (Lipinski definition) is 0. The molecule has 236 valence electrons. The predicted octanol–water partition coefficient (Wildman–Crippen LogP) is 14.0. The maximum absolute atomic E-state index is 5.47. The van der Waals surface area contributed by atoms with E-state index in [1.807, 2.05) is 22.7 Å². The second kappa shape index (κ2) is 10.2. The quantitative estimate of drug-likeness (QED) is 0.166. The summed E-state index contributed by atoms with van der Waals surface area (Å²) in [6.07, 6.45) is 0. The van der Waals surface area contributed by atoms with Crippen molar-refractivity contribution >= 4 is 117 Å². The average Bonchev–Trinajstić information content (AvgIpc) is 3.86. The number of nitrogens with zero attached hydrogens (tertiary/aromatic N) is 2. The van der Waals surface area contributed by atoms with Crippen LogP contribution < -0.4 is 0 Å². The molecule has 8 aromatic carbocycles. The van der Waals surface area contributed by atoms with Crippen molar-refractivity contribution in [2.75, 3.05) is 0 Å². The SMILES string of the molecule is c1cc(-c2nc3ccccc3c3c4ccccc4c4ccccc4c23)cc(-n2c3ccc4c5ccccc5sc4c3c3c4ccccc4sc32)c1. The molecule has 4 heterocycles. The molecule has 0 spiro atoms. The molecule has 0 radical (unpaired) electrons. The number of aromatic nitrogens is 2. The van der Waals surface area contributed by atoms with Crippen LogP contribution in [0.15, 0.2) is 158 Å². The Labute approximate surface area is 300 Å². The van der Waals surface area contributed by atoms with Gasteiger partial charge in [-0.3, -0.25) is 0 Å². The Kier molecular flexibility index (Phi) is 5.56. The van der Waals surface area contributed by atoms with E-state index in [1.54, 1.807) is 0 Å². The number of fused-ring (bicyclic) bond motifs is 17. The molecule has 0 unspecified atom stereocenters. The van der Waals surface area contributed by atoms with Crippen LogP contribution in [0.5, 0.6) is 0 Å². The Balaban J connectivity index is 1.21. The summed E-state index contributed by atoms with van der Waals surface area (Å²) in [5, 5.41) is 15.4. The fourth-order valence-electron chi connectivity index (χ4n) is 8.63. The van der Waals surface area contributed by atoms with Crippen molar-refractivity contribution in [1.29, 1.82) is 0 Å². The molecular weight excluding hydrogens is 657 g/mol. The maximum atomic E-state index is 5.47. The van der Waals surface area contributed by atoms with Crippen LogP contribution in [-0.2, 0) is 0 Å². The third kappa shape index (κ3) is 3.73. The lowest BCUT2D eigenvalue weighted by molar-refractivity contribution is 1.19. The van der Waals surface area contributed by atoms with Crippen LogP contribution in [0.2, 0.25) is 0 Å². The highest BCUT2D eigenvalue weighted by atomic mass is 32.1. The standard InChI is InChI=1S/C47H26N2S2/c1-3-17-32-29(14-1)30-15-2-4-18-33(30)42-41(32)35-19-5-8-21-37(35)48-45(42)27-12-11-13-28(26-27)49-38-25-24-34-31-16-6-9-22-39(31)50-46(34)44(38)43-36-20-7-10-23-40(36)51-47(43)49/h1-26H. The van der Waals surface area contributed by atoms with E-state index in [0.29, 0.717) is 0 Å². The first-order valence-electron chi connectivity index (χ1n) is 17.3. The molecule has 0 amide bonds. The van der Waals surface area contributed by atoms with Crippen molar-refractivity contribution in [3.05, 3.63) is 158 Å². The lowest BCUT2D eigenvalue weighted by Gasteiger charge is -2.17. The smallest absolute Gasteiger partial charge is 0.109 e. The van der Waals surface area contributed by atoms with Gasteiger partial charge in [0, 0.05) is 68.4 Å². The Bertz CT molecular complexity index is 3430. The van der Waals surface area contributed by atoms with Gasteiger partial charge in [0.05, 0.1) is 16.7 Å². The molecule has 12 rings (SSSR count). The first-order valence-corrected chi connectivity index (χ1v) is 18.9. The normalized spacial score (nSPS) is 12.3. The van der Waals surface area contributed by atoms with E-state index in [9.17, 15) is 0 Å². The van der Waals surface area contributed by atoms with Crippen molar-refractivity contribution in [1.82, 2.24) is 9.55 Å². The molecule has 0 aliphatic carbocycles. The van der Waals surface area contributed by atoms with Gasteiger partial charge in [-0.25, -0.2) is 4.98 Å². The van der Waals surface area contributed by atoms with Crippen molar-refractivity contribution in [3.63, 3.8) is 0 Å². The third-order valence-corrected chi connectivity index (χ3v) is 13.1. The van der Waals surface area contributed by atoms with E-state index < -0.39 is 0 Å². The summed E-state index contributed by atoms with van der Waals surface area (Å²) in [6, 6.07) is 57.7. The van der Waals surface area contributed by atoms with E-state index in [2.05, 4.69) is 162 Å². The molecule has 4 heteroatoms. The molecule has 12 aromatic rings. The van der Waals surface area contributed by atoms with Gasteiger partial charge in [-0.15, -0.1) is 22.7 Å². The second-order valence-corrected chi connectivity index (χ2v) is 15.5. The highest BCUT2D eigenvalue weighted by molar-refractivity contribution is 7.28. The summed E-state index contributed by atoms with van der Waals surface area (Å²) in [7, 11) is 0. The van der Waals surface area contributed by atoms with Crippen molar-refractivity contribution < 1.29 is 0 Å². The number of pyridine rings is 1. The summed E-state index contributed by atoms with van der Waals surface area (Å²) in [4.78, 5) is 6.75. The number of rotatable bonds is 2. The molecule has 2 nitrogen and oxygen atoms in total. The minimum Gasteiger partial charge on any atom is -0.301 e. The van der Waals surface area contributed by atoms with Crippen LogP contribution in [0.4, 0.5) is 0 Å². The first-order chi connectivity index (χ1) is 25.3. The van der Waals surface area contributed by atoms with Gasteiger partial charge in [0.2, 0.25) is 0 Å². The monoisotopic (exact) mass is 682 g/mol. The van der Waals surface area contributed by atoms with Gasteiger partial charge in [-0.1, -0.05) is 121 Å². The minimum absolute atomic E-state index is 1.01. The summed E-state index contributed by atoms with van der Waals surface area (Å²) in [5.74, 6) is 0. The lowest BCUT2D eigenvalue weighted by Crippen LogP contribution is -1.96. The topological polar surface area (TPSA) is 17.8 Å². The van der Waals surface area contributed by atoms with Gasteiger partial charge >= 0.3 is 0 Å². The molecule has 0 saturated carbocycles. The van der Waals surface area contributed by atoms with Gasteiger partial charge in [-0.05, 0) is 57.9 Å². The molecule has 0 aliphatic rings. The van der Waals surface area contributed by atoms with Gasteiger partial charge in [-0.2, -0.15) is 0 Å². The number of para-hydroxylation sites is 1. The minimum atomic E-state index is 1.01. The molecule has 4 aromatic heterocycles. The highest BCUT2D eigenvalue weighted by Crippen LogP contribution is 2.49. The zero-order valence-electron chi connectivity index (χ0n) is 27.2. The molecule has 51 heavy (non-hydrogen) atoms. The van der Waals surface area contributed by atoms with E-state index in [1.165, 1.54) is 89.1 Å². The molecule has 0 atom stereocenters. The third-order valence-electron chi connectivity index (χ3n) is 10.7. The van der Waals surface area contributed by atoms with E-state index in [0.717, 1.165) is 22.5 Å². The maximum Gasteiger partial charge on any atom is 0.109 e. The number of benzene rings is 8. The van der Waals surface area contributed by atoms with Gasteiger partial charge in [0.15, 0.2) is 0 Å². The van der Waals surface area contributed by atoms with Crippen LogP contribution in [0.3, 0.4) is 0 Å². The number of hydrogen-bond acceptors (Lipinski definition) is 3. The zero-order valence-corrected chi connectivity index (χ0v) is 28.9. The lowest BCUT2D eigenvalue weighted by atomic mass is 9.90. The largest absolute Gasteiger partial charge is 0.301 e. The summed E-state index contributed by atoms with van der Waals surface area (Å²) in [5.41, 5.74) is 5.53. The van der Waals surface area contributed by atoms with Gasteiger partial charge in [0.1, 0.15) is 4.83 Å². The Morgan fingerprint density at radius 2 is 1.04 bits per heavy atom. The highest BCUT2D eigenvalue weighted by Gasteiger charge is 2.23. The number of thiophene rings is 2. The van der Waals surface area contributed by atoms with Gasteiger partial charge < -0.3 is 4.57 Å². The van der Waals surface area contributed by atoms with Crippen molar-refractivity contribution in [3.8, 4) is 16.9 Å². The van der Waals surface area contributed by atoms with Crippen LogP contribution in [-0.4, -0.2) is 9.55 Å². The van der Waals surface area contributed by atoms with Gasteiger partial charge in [0.25, 0.3) is 0 Å². The van der Waals surface area contributed by atoms with Crippen molar-refractivity contribution in [2.45, 2.75) is 0 Å². The Morgan fingerprint density at radius 1 is 0.412 bits per heavy atom. The van der Waals surface area contributed by atoms with E-state index in [4.69, 9.17) is 4.98 Å². The second-order valence-electron chi connectivity index (χ2n) is 13.4. The fourth-order valence-corrected chi connectivity index (χ4v) is 11.1. The molecule has 0 fully saturated rings. The van der Waals surface area contributed by atoms with Crippen LogP contribution in [0, 0.1) is 0 Å². The van der Waals surface area contributed by atoms with Crippen LogP contribution >= 0.6 is 22.7 Å². The van der Waals surface area contributed by atoms with E-state index in [-0.39, 0.29) is 0 Å². The van der Waals surface area contributed by atoms with Crippen molar-refractivity contribution in [2.24, 2.45) is 0 Å². The molecule has 0 N–H and O–H groups in total. The fraction of sp³-hybridized carbons (Fsp3) is 0. The predicted molar refractivity (Wildman–Crippen MR) is 222 cm³/mol. The van der Waals surface area contributed by atoms with Crippen LogP contribution in [0.25, 0.3) is 112 Å². The molecule has 0 bridgehead atoms.